The van der Waals surface area contributed by atoms with Gasteiger partial charge in [-0.2, -0.15) is 0 Å². The van der Waals surface area contributed by atoms with Gasteiger partial charge in [0.1, 0.15) is 0 Å². The molecule has 2 aliphatic rings. The predicted octanol–water partition coefficient (Wildman–Crippen LogP) is 0.694. The molecule has 2 saturated heterocycles. The van der Waals surface area contributed by atoms with Crippen LogP contribution in [0.1, 0.15) is 25.7 Å². The standard InChI is InChI=1S/C12H18O6/c13-9(17-11-3-1-7-15-11)5-6-10(14)18-12-4-2-8-16-12/h5-6,9,11-13H,1-4,7-8H2/b6-5-. The zero-order valence-corrected chi connectivity index (χ0v) is 10.1. The molecule has 18 heavy (non-hydrogen) atoms. The first kappa shape index (κ1) is 13.5. The van der Waals surface area contributed by atoms with E-state index >= 15 is 0 Å². The molecule has 0 amide bonds. The van der Waals surface area contributed by atoms with Gasteiger partial charge in [-0.05, 0) is 18.9 Å². The first-order chi connectivity index (χ1) is 8.74. The molecule has 2 heterocycles. The van der Waals surface area contributed by atoms with Crippen molar-refractivity contribution in [3.8, 4) is 0 Å². The number of ether oxygens (including phenoxy) is 4. The lowest BCUT2D eigenvalue weighted by atomic mass is 10.3. The summed E-state index contributed by atoms with van der Waals surface area (Å²) in [5.74, 6) is -0.545. The molecule has 2 rings (SSSR count). The molecule has 0 radical (unpaired) electrons. The summed E-state index contributed by atoms with van der Waals surface area (Å²) < 4.78 is 20.5. The molecule has 102 valence electrons. The van der Waals surface area contributed by atoms with Gasteiger partial charge in [-0.1, -0.05) is 0 Å². The third kappa shape index (κ3) is 4.38. The third-order valence-electron chi connectivity index (χ3n) is 2.71. The molecule has 1 N–H and O–H groups in total. The van der Waals surface area contributed by atoms with Gasteiger partial charge in [-0.25, -0.2) is 4.79 Å². The number of carbonyl (C=O) groups is 1. The van der Waals surface area contributed by atoms with Crippen LogP contribution in [0.5, 0.6) is 0 Å². The highest BCUT2D eigenvalue weighted by Gasteiger charge is 2.20. The second kappa shape index (κ2) is 6.84. The van der Waals surface area contributed by atoms with E-state index in [1.807, 2.05) is 0 Å². The molecule has 0 aliphatic carbocycles. The van der Waals surface area contributed by atoms with Gasteiger partial charge >= 0.3 is 5.97 Å². The minimum atomic E-state index is -1.16. The van der Waals surface area contributed by atoms with Crippen molar-refractivity contribution < 1.29 is 28.8 Å². The summed E-state index contributed by atoms with van der Waals surface area (Å²) in [5, 5.41) is 9.49. The van der Waals surface area contributed by atoms with Crippen LogP contribution >= 0.6 is 0 Å². The number of rotatable bonds is 5. The van der Waals surface area contributed by atoms with Crippen LogP contribution in [0.15, 0.2) is 12.2 Å². The lowest BCUT2D eigenvalue weighted by Crippen LogP contribution is -2.20. The smallest absolute Gasteiger partial charge is 0.332 e. The van der Waals surface area contributed by atoms with Crippen LogP contribution in [-0.2, 0) is 23.7 Å². The van der Waals surface area contributed by atoms with E-state index < -0.39 is 18.5 Å². The maximum atomic E-state index is 11.4. The first-order valence-corrected chi connectivity index (χ1v) is 6.19. The van der Waals surface area contributed by atoms with Crippen LogP contribution in [0.2, 0.25) is 0 Å². The maximum absolute atomic E-state index is 11.4. The fourth-order valence-electron chi connectivity index (χ4n) is 1.83. The Kier molecular flexibility index (Phi) is 5.12. The molecular weight excluding hydrogens is 240 g/mol. The third-order valence-corrected chi connectivity index (χ3v) is 2.71. The average Bonchev–Trinajstić information content (AvgIpc) is 2.99. The molecule has 0 spiro atoms. The molecule has 2 fully saturated rings. The van der Waals surface area contributed by atoms with Crippen molar-refractivity contribution in [2.75, 3.05) is 13.2 Å². The molecule has 0 aromatic carbocycles. The Balaban J connectivity index is 1.66. The molecule has 0 saturated carbocycles. The van der Waals surface area contributed by atoms with Gasteiger partial charge in [0, 0.05) is 25.5 Å². The van der Waals surface area contributed by atoms with Crippen LogP contribution in [0, 0.1) is 0 Å². The lowest BCUT2D eigenvalue weighted by molar-refractivity contribution is -0.191. The Morgan fingerprint density at radius 3 is 2.50 bits per heavy atom. The number of hydrogen-bond donors (Lipinski definition) is 1. The van der Waals surface area contributed by atoms with E-state index in [0.717, 1.165) is 25.3 Å². The van der Waals surface area contributed by atoms with Gasteiger partial charge in [0.25, 0.3) is 0 Å². The molecule has 3 atom stereocenters. The van der Waals surface area contributed by atoms with Crippen molar-refractivity contribution in [3.05, 3.63) is 12.2 Å². The topological polar surface area (TPSA) is 74.2 Å². The summed E-state index contributed by atoms with van der Waals surface area (Å²) in [7, 11) is 0. The van der Waals surface area contributed by atoms with E-state index in [0.29, 0.717) is 19.6 Å². The van der Waals surface area contributed by atoms with Crippen molar-refractivity contribution in [2.45, 2.75) is 44.6 Å². The monoisotopic (exact) mass is 258 g/mol. The summed E-state index contributed by atoms with van der Waals surface area (Å²) in [4.78, 5) is 11.4. The van der Waals surface area contributed by atoms with Crippen molar-refractivity contribution in [1.82, 2.24) is 0 Å². The Labute approximate surface area is 105 Å². The first-order valence-electron chi connectivity index (χ1n) is 6.19. The van der Waals surface area contributed by atoms with Crippen LogP contribution in [0.25, 0.3) is 0 Å². The molecule has 0 aromatic rings. The Morgan fingerprint density at radius 1 is 1.22 bits per heavy atom. The van der Waals surface area contributed by atoms with Crippen LogP contribution in [-0.4, -0.2) is 43.2 Å². The van der Waals surface area contributed by atoms with Crippen molar-refractivity contribution >= 4 is 5.97 Å². The van der Waals surface area contributed by atoms with Gasteiger partial charge in [0.05, 0.1) is 6.61 Å². The SMILES string of the molecule is O=C(/C=C\C(O)OC1CCCO1)OC1CCCO1. The number of aliphatic hydroxyl groups is 1. The molecule has 0 aromatic heterocycles. The van der Waals surface area contributed by atoms with Gasteiger partial charge in [-0.3, -0.25) is 0 Å². The summed E-state index contributed by atoms with van der Waals surface area (Å²) in [6, 6.07) is 0. The molecule has 0 bridgehead atoms. The zero-order chi connectivity index (χ0) is 12.8. The van der Waals surface area contributed by atoms with Crippen molar-refractivity contribution in [3.63, 3.8) is 0 Å². The average molecular weight is 258 g/mol. The molecule has 6 nitrogen and oxygen atoms in total. The summed E-state index contributed by atoms with van der Waals surface area (Å²) in [6.07, 6.45) is 3.65. The van der Waals surface area contributed by atoms with Crippen molar-refractivity contribution in [1.29, 1.82) is 0 Å². The zero-order valence-electron chi connectivity index (χ0n) is 10.1. The van der Waals surface area contributed by atoms with Crippen molar-refractivity contribution in [2.24, 2.45) is 0 Å². The lowest BCUT2D eigenvalue weighted by Gasteiger charge is -2.13. The largest absolute Gasteiger partial charge is 0.433 e. The number of aliphatic hydroxyl groups excluding tert-OH is 1. The summed E-state index contributed by atoms with van der Waals surface area (Å²) in [5.41, 5.74) is 0. The molecule has 3 unspecified atom stereocenters. The van der Waals surface area contributed by atoms with Gasteiger partial charge in [-0.15, -0.1) is 0 Å². The van der Waals surface area contributed by atoms with E-state index in [2.05, 4.69) is 0 Å². The van der Waals surface area contributed by atoms with Gasteiger partial charge in [0.2, 0.25) is 6.29 Å². The summed E-state index contributed by atoms with van der Waals surface area (Å²) >= 11 is 0. The normalized spacial score (nSPS) is 29.8. The highest BCUT2D eigenvalue weighted by molar-refractivity contribution is 5.82. The molecule has 2 aliphatic heterocycles. The Bertz CT molecular complexity index is 291. The highest BCUT2D eigenvalue weighted by Crippen LogP contribution is 2.15. The van der Waals surface area contributed by atoms with Gasteiger partial charge in [0.15, 0.2) is 12.6 Å². The van der Waals surface area contributed by atoms with E-state index in [4.69, 9.17) is 18.9 Å². The Hall–Kier alpha value is -0.950. The van der Waals surface area contributed by atoms with E-state index in [1.165, 1.54) is 6.08 Å². The van der Waals surface area contributed by atoms with Gasteiger partial charge < -0.3 is 24.1 Å². The number of esters is 1. The fraction of sp³-hybridized carbons (Fsp3) is 0.750. The predicted molar refractivity (Wildman–Crippen MR) is 60.3 cm³/mol. The van der Waals surface area contributed by atoms with Crippen LogP contribution < -0.4 is 0 Å². The number of hydrogen-bond acceptors (Lipinski definition) is 6. The minimum Gasteiger partial charge on any atom is -0.433 e. The minimum absolute atomic E-state index is 0.390. The second-order valence-corrected chi connectivity index (χ2v) is 4.21. The van der Waals surface area contributed by atoms with E-state index in [9.17, 15) is 9.90 Å². The fourth-order valence-corrected chi connectivity index (χ4v) is 1.83. The highest BCUT2D eigenvalue weighted by atomic mass is 16.7. The van der Waals surface area contributed by atoms with Crippen LogP contribution in [0.4, 0.5) is 0 Å². The maximum Gasteiger partial charge on any atom is 0.332 e. The quantitative estimate of drug-likeness (QED) is 0.444. The molecular formula is C12H18O6. The second-order valence-electron chi connectivity index (χ2n) is 4.21. The molecule has 6 heteroatoms. The number of carbonyl (C=O) groups excluding carboxylic acids is 1. The Morgan fingerprint density at radius 2 is 1.89 bits per heavy atom. The van der Waals surface area contributed by atoms with Crippen LogP contribution in [0.3, 0.4) is 0 Å². The van der Waals surface area contributed by atoms with E-state index in [1.54, 1.807) is 0 Å². The summed E-state index contributed by atoms with van der Waals surface area (Å²) in [6.45, 7) is 1.26. The van der Waals surface area contributed by atoms with E-state index in [-0.39, 0.29) is 6.29 Å².